The van der Waals surface area contributed by atoms with Gasteiger partial charge >= 0.3 is 0 Å². The molecule has 0 radical (unpaired) electrons. The fraction of sp³-hybridized carbons (Fsp3) is 0.167. The molecule has 156 valence electrons. The van der Waals surface area contributed by atoms with E-state index in [2.05, 4.69) is 20.7 Å². The second-order valence-electron chi connectivity index (χ2n) is 7.56. The number of nitrogens with one attached hydrogen (secondary N) is 2. The maximum atomic E-state index is 13.1. The van der Waals surface area contributed by atoms with Crippen molar-refractivity contribution in [1.82, 2.24) is 14.8 Å². The van der Waals surface area contributed by atoms with Gasteiger partial charge in [-0.2, -0.15) is 5.10 Å². The van der Waals surface area contributed by atoms with Crippen LogP contribution in [0.25, 0.3) is 16.7 Å². The zero-order valence-corrected chi connectivity index (χ0v) is 17.9. The Labute approximate surface area is 180 Å². The number of hydrogen-bond acceptors (Lipinski definition) is 4. The second kappa shape index (κ2) is 8.02. The van der Waals surface area contributed by atoms with Crippen molar-refractivity contribution in [3.05, 3.63) is 77.1 Å². The number of nitrogens with zero attached hydrogens (tertiary/aromatic N) is 3. The third kappa shape index (κ3) is 4.16. The standard InChI is InChI=1S/C24H23N5O2/c1-14-5-11-20(12-6-14)29-23-22(16(3)28-29)21(13-15(2)25-23)24(31)27-19-9-7-18(8-10-19)26-17(4)30/h5-13H,1-4H3,(H,26,30)(H,27,31). The quantitative estimate of drug-likeness (QED) is 0.513. The molecule has 2 heterocycles. The minimum Gasteiger partial charge on any atom is -0.326 e. The largest absolute Gasteiger partial charge is 0.326 e. The van der Waals surface area contributed by atoms with E-state index in [-0.39, 0.29) is 11.8 Å². The summed E-state index contributed by atoms with van der Waals surface area (Å²) in [4.78, 5) is 29.0. The minimum absolute atomic E-state index is 0.146. The molecule has 0 bridgehead atoms. The Balaban J connectivity index is 1.71. The van der Waals surface area contributed by atoms with Crippen molar-refractivity contribution in [2.24, 2.45) is 0 Å². The topological polar surface area (TPSA) is 88.9 Å². The highest BCUT2D eigenvalue weighted by Crippen LogP contribution is 2.26. The van der Waals surface area contributed by atoms with Crippen molar-refractivity contribution in [3.63, 3.8) is 0 Å². The molecule has 4 aromatic rings. The second-order valence-corrected chi connectivity index (χ2v) is 7.56. The van der Waals surface area contributed by atoms with Crippen molar-refractivity contribution in [2.45, 2.75) is 27.7 Å². The lowest BCUT2D eigenvalue weighted by Crippen LogP contribution is -2.13. The van der Waals surface area contributed by atoms with E-state index in [1.165, 1.54) is 6.92 Å². The van der Waals surface area contributed by atoms with Gasteiger partial charge < -0.3 is 10.6 Å². The lowest BCUT2D eigenvalue weighted by atomic mass is 10.1. The molecule has 0 saturated heterocycles. The van der Waals surface area contributed by atoms with Crippen LogP contribution in [-0.4, -0.2) is 26.6 Å². The number of hydrogen-bond donors (Lipinski definition) is 2. The Morgan fingerprint density at radius 1 is 0.871 bits per heavy atom. The lowest BCUT2D eigenvalue weighted by Gasteiger charge is -2.09. The monoisotopic (exact) mass is 413 g/mol. The molecule has 0 unspecified atom stereocenters. The molecule has 0 atom stereocenters. The first kappa shape index (κ1) is 20.3. The summed E-state index contributed by atoms with van der Waals surface area (Å²) in [5.74, 6) is -0.387. The summed E-state index contributed by atoms with van der Waals surface area (Å²) in [6.07, 6.45) is 0. The summed E-state index contributed by atoms with van der Waals surface area (Å²) >= 11 is 0. The Kier molecular flexibility index (Phi) is 5.25. The molecule has 0 aliphatic carbocycles. The molecule has 0 aliphatic heterocycles. The first-order valence-corrected chi connectivity index (χ1v) is 9.95. The predicted octanol–water partition coefficient (Wildman–Crippen LogP) is 4.56. The van der Waals surface area contributed by atoms with Crippen LogP contribution < -0.4 is 10.6 Å². The van der Waals surface area contributed by atoms with Gasteiger partial charge in [0.15, 0.2) is 5.65 Å². The van der Waals surface area contributed by atoms with Gasteiger partial charge in [0.1, 0.15) is 0 Å². The molecule has 7 nitrogen and oxygen atoms in total. The molecule has 0 saturated carbocycles. The predicted molar refractivity (Wildman–Crippen MR) is 122 cm³/mol. The van der Waals surface area contributed by atoms with Crippen molar-refractivity contribution in [2.75, 3.05) is 10.6 Å². The van der Waals surface area contributed by atoms with E-state index >= 15 is 0 Å². The molecular weight excluding hydrogens is 390 g/mol. The number of pyridine rings is 1. The fourth-order valence-electron chi connectivity index (χ4n) is 3.50. The highest BCUT2D eigenvalue weighted by atomic mass is 16.2. The van der Waals surface area contributed by atoms with Crippen molar-refractivity contribution in [1.29, 1.82) is 0 Å². The van der Waals surface area contributed by atoms with E-state index in [4.69, 9.17) is 0 Å². The Bertz CT molecular complexity index is 1290. The van der Waals surface area contributed by atoms with Gasteiger partial charge in [-0.25, -0.2) is 9.67 Å². The van der Waals surface area contributed by atoms with E-state index in [0.717, 1.165) is 28.0 Å². The maximum Gasteiger partial charge on any atom is 0.256 e. The highest BCUT2D eigenvalue weighted by molar-refractivity contribution is 6.12. The van der Waals surface area contributed by atoms with Crippen molar-refractivity contribution >= 4 is 34.2 Å². The van der Waals surface area contributed by atoms with E-state index in [1.54, 1.807) is 35.0 Å². The van der Waals surface area contributed by atoms with Crippen LogP contribution in [0.4, 0.5) is 11.4 Å². The van der Waals surface area contributed by atoms with E-state index < -0.39 is 0 Å². The SMILES string of the molecule is CC(=O)Nc1ccc(NC(=O)c2cc(C)nc3c2c(C)nn3-c2ccc(C)cc2)cc1. The number of benzene rings is 2. The smallest absolute Gasteiger partial charge is 0.256 e. The number of carbonyl (C=O) groups is 2. The molecule has 2 aromatic carbocycles. The molecule has 2 N–H and O–H groups in total. The number of rotatable bonds is 4. The first-order chi connectivity index (χ1) is 14.8. The lowest BCUT2D eigenvalue weighted by molar-refractivity contribution is -0.114. The number of aryl methyl sites for hydroxylation is 3. The van der Waals surface area contributed by atoms with Gasteiger partial charge in [0, 0.05) is 24.0 Å². The molecule has 31 heavy (non-hydrogen) atoms. The Morgan fingerprint density at radius 2 is 1.48 bits per heavy atom. The van der Waals surface area contributed by atoms with Crippen LogP contribution in [-0.2, 0) is 4.79 Å². The van der Waals surface area contributed by atoms with Gasteiger partial charge in [-0.15, -0.1) is 0 Å². The van der Waals surface area contributed by atoms with Crippen LogP contribution in [0.2, 0.25) is 0 Å². The van der Waals surface area contributed by atoms with Crippen molar-refractivity contribution < 1.29 is 9.59 Å². The first-order valence-electron chi connectivity index (χ1n) is 9.95. The van der Waals surface area contributed by atoms with Crippen LogP contribution >= 0.6 is 0 Å². The van der Waals surface area contributed by atoms with Crippen LogP contribution in [0.15, 0.2) is 54.6 Å². The van der Waals surface area contributed by atoms with E-state index in [9.17, 15) is 9.59 Å². The summed E-state index contributed by atoms with van der Waals surface area (Å²) in [5, 5.41) is 11.0. The third-order valence-corrected chi connectivity index (χ3v) is 4.93. The average molecular weight is 413 g/mol. The van der Waals surface area contributed by atoms with Gasteiger partial charge in [0.05, 0.1) is 22.3 Å². The third-order valence-electron chi connectivity index (χ3n) is 4.93. The highest BCUT2D eigenvalue weighted by Gasteiger charge is 2.19. The zero-order chi connectivity index (χ0) is 22.1. The van der Waals surface area contributed by atoms with Crippen LogP contribution in [0.3, 0.4) is 0 Å². The number of aromatic nitrogens is 3. The van der Waals surface area contributed by atoms with Gasteiger partial charge in [0.25, 0.3) is 5.91 Å². The molecule has 2 amide bonds. The van der Waals surface area contributed by atoms with Crippen LogP contribution in [0.5, 0.6) is 0 Å². The van der Waals surface area contributed by atoms with E-state index in [1.807, 2.05) is 45.0 Å². The molecule has 7 heteroatoms. The molecule has 2 aromatic heterocycles. The van der Waals surface area contributed by atoms with E-state index in [0.29, 0.717) is 22.6 Å². The number of fused-ring (bicyclic) bond motifs is 1. The summed E-state index contributed by atoms with van der Waals surface area (Å²) in [6.45, 7) is 7.22. The molecular formula is C24H23N5O2. The summed E-state index contributed by atoms with van der Waals surface area (Å²) in [6, 6.07) is 16.8. The minimum atomic E-state index is -0.241. The van der Waals surface area contributed by atoms with Crippen LogP contribution in [0.1, 0.15) is 34.2 Å². The normalized spacial score (nSPS) is 10.8. The summed E-state index contributed by atoms with van der Waals surface area (Å²) in [7, 11) is 0. The molecule has 4 rings (SSSR count). The summed E-state index contributed by atoms with van der Waals surface area (Å²) < 4.78 is 1.77. The molecule has 0 aliphatic rings. The molecule has 0 fully saturated rings. The summed E-state index contributed by atoms with van der Waals surface area (Å²) in [5.41, 5.74) is 5.97. The number of anilines is 2. The number of carbonyl (C=O) groups excluding carboxylic acids is 2. The number of amides is 2. The van der Waals surface area contributed by atoms with Gasteiger partial charge in [0.2, 0.25) is 5.91 Å². The van der Waals surface area contributed by atoms with Gasteiger partial charge in [-0.3, -0.25) is 9.59 Å². The van der Waals surface area contributed by atoms with Gasteiger partial charge in [-0.1, -0.05) is 17.7 Å². The average Bonchev–Trinajstić information content (AvgIpc) is 3.05. The fourth-order valence-corrected chi connectivity index (χ4v) is 3.50. The maximum absolute atomic E-state index is 13.1. The van der Waals surface area contributed by atoms with Crippen LogP contribution in [0, 0.1) is 20.8 Å². The Hall–Kier alpha value is -4.00. The molecule has 0 spiro atoms. The van der Waals surface area contributed by atoms with Gasteiger partial charge in [-0.05, 0) is 63.2 Å². The Morgan fingerprint density at radius 3 is 2.10 bits per heavy atom. The zero-order valence-electron chi connectivity index (χ0n) is 17.9. The van der Waals surface area contributed by atoms with Crippen molar-refractivity contribution in [3.8, 4) is 5.69 Å².